The summed E-state index contributed by atoms with van der Waals surface area (Å²) in [6, 6.07) is 16.6. The number of urea groups is 1. The Morgan fingerprint density at radius 3 is 2.41 bits per heavy atom. The number of piperazine rings is 1. The number of carbonyl (C=O) groups excluding carboxylic acids is 2. The van der Waals surface area contributed by atoms with Gasteiger partial charge in [-0.05, 0) is 24.6 Å². The first-order valence-corrected chi connectivity index (χ1v) is 9.89. The van der Waals surface area contributed by atoms with E-state index < -0.39 is 12.1 Å². The molecule has 0 bridgehead atoms. The van der Waals surface area contributed by atoms with Crippen LogP contribution in [0.4, 0.5) is 10.5 Å². The van der Waals surface area contributed by atoms with Gasteiger partial charge in [-0.3, -0.25) is 15.0 Å². The minimum atomic E-state index is -0.508. The number of rotatable bonds is 6. The summed E-state index contributed by atoms with van der Waals surface area (Å²) in [4.78, 5) is 29.2. The first-order valence-electron chi connectivity index (χ1n) is 9.89. The number of anilines is 1. The van der Waals surface area contributed by atoms with E-state index >= 15 is 0 Å². The fourth-order valence-electron chi connectivity index (χ4n) is 3.59. The highest BCUT2D eigenvalue weighted by Gasteiger charge is 2.31. The average Bonchev–Trinajstić information content (AvgIpc) is 2.75. The van der Waals surface area contributed by atoms with Gasteiger partial charge in [0.25, 0.3) is 0 Å². The zero-order chi connectivity index (χ0) is 20.6. The third-order valence-electron chi connectivity index (χ3n) is 5.04. The van der Waals surface area contributed by atoms with Crippen LogP contribution in [0.25, 0.3) is 0 Å². The van der Waals surface area contributed by atoms with Gasteiger partial charge in [0.15, 0.2) is 0 Å². The van der Waals surface area contributed by atoms with Gasteiger partial charge in [0.2, 0.25) is 5.91 Å². The van der Waals surface area contributed by atoms with E-state index in [1.807, 2.05) is 55.5 Å². The average molecular weight is 396 g/mol. The third-order valence-corrected chi connectivity index (χ3v) is 5.04. The molecule has 0 saturated carbocycles. The van der Waals surface area contributed by atoms with Gasteiger partial charge in [-0.15, -0.1) is 0 Å². The molecule has 0 aliphatic carbocycles. The highest BCUT2D eigenvalue weighted by Crippen LogP contribution is 2.26. The van der Waals surface area contributed by atoms with E-state index in [2.05, 4.69) is 26.5 Å². The van der Waals surface area contributed by atoms with Crippen molar-refractivity contribution >= 4 is 17.6 Å². The van der Waals surface area contributed by atoms with Crippen molar-refractivity contribution < 1.29 is 14.3 Å². The topological polar surface area (TPSA) is 73.9 Å². The molecule has 0 unspecified atom stereocenters. The number of hydrogen-bond donors (Lipinski definition) is 2. The Hall–Kier alpha value is -3.06. The molecule has 1 aliphatic heterocycles. The smallest absolute Gasteiger partial charge is 0.321 e. The van der Waals surface area contributed by atoms with E-state index in [0.29, 0.717) is 19.6 Å². The number of nitrogens with zero attached hydrogens (tertiary/aromatic N) is 2. The lowest BCUT2D eigenvalue weighted by atomic mass is 10.0. The van der Waals surface area contributed by atoms with Crippen LogP contribution < -0.4 is 20.3 Å². The van der Waals surface area contributed by atoms with Gasteiger partial charge in [-0.2, -0.15) is 0 Å². The first-order chi connectivity index (χ1) is 14.1. The van der Waals surface area contributed by atoms with E-state index in [4.69, 9.17) is 4.74 Å². The molecule has 1 atom stereocenters. The molecule has 1 saturated heterocycles. The first kappa shape index (κ1) is 20.7. The summed E-state index contributed by atoms with van der Waals surface area (Å²) in [6.07, 6.45) is 0. The highest BCUT2D eigenvalue weighted by atomic mass is 16.5. The molecule has 2 aromatic rings. The molecule has 3 amide bonds. The van der Waals surface area contributed by atoms with Gasteiger partial charge < -0.3 is 15.0 Å². The number of ether oxygens (including phenoxy) is 1. The number of carbonyl (C=O) groups is 2. The Kier molecular flexibility index (Phi) is 7.08. The van der Waals surface area contributed by atoms with Crippen molar-refractivity contribution in [2.24, 2.45) is 0 Å². The van der Waals surface area contributed by atoms with Crippen molar-refractivity contribution in [3.63, 3.8) is 0 Å². The second-order valence-electron chi connectivity index (χ2n) is 6.89. The van der Waals surface area contributed by atoms with E-state index in [1.165, 1.54) is 0 Å². The van der Waals surface area contributed by atoms with Crippen molar-refractivity contribution in [3.05, 3.63) is 60.2 Å². The van der Waals surface area contributed by atoms with Gasteiger partial charge in [0.1, 0.15) is 11.8 Å². The van der Waals surface area contributed by atoms with E-state index in [1.54, 1.807) is 7.11 Å². The SMILES string of the molecule is CCNC(=O)NC(=O)[C@H](c1ccccc1)N1CCN(c2cccc(OC)c2)CC1. The fraction of sp³-hybridized carbons (Fsp3) is 0.364. The van der Waals surface area contributed by atoms with Crippen LogP contribution >= 0.6 is 0 Å². The van der Waals surface area contributed by atoms with Crippen molar-refractivity contribution in [2.45, 2.75) is 13.0 Å². The largest absolute Gasteiger partial charge is 0.497 e. The minimum absolute atomic E-state index is 0.308. The van der Waals surface area contributed by atoms with Gasteiger partial charge in [0, 0.05) is 44.5 Å². The van der Waals surface area contributed by atoms with Crippen LogP contribution in [0.15, 0.2) is 54.6 Å². The summed E-state index contributed by atoms with van der Waals surface area (Å²) >= 11 is 0. The molecular formula is C22H28N4O3. The predicted octanol–water partition coefficient (Wildman–Crippen LogP) is 2.40. The summed E-state index contributed by atoms with van der Waals surface area (Å²) in [5.74, 6) is 0.519. The van der Waals surface area contributed by atoms with Crippen LogP contribution in [0, 0.1) is 0 Å². The number of hydrogen-bond acceptors (Lipinski definition) is 5. The molecule has 154 valence electrons. The van der Waals surface area contributed by atoms with E-state index in [-0.39, 0.29) is 5.91 Å². The number of methoxy groups -OCH3 is 1. The zero-order valence-electron chi connectivity index (χ0n) is 16.9. The van der Waals surface area contributed by atoms with Crippen LogP contribution in [-0.2, 0) is 4.79 Å². The summed E-state index contributed by atoms with van der Waals surface area (Å²) in [7, 11) is 1.66. The molecule has 2 N–H and O–H groups in total. The molecule has 0 aromatic heterocycles. The Balaban J connectivity index is 1.72. The standard InChI is InChI=1S/C22H28N4O3/c1-3-23-22(28)24-21(27)20(17-8-5-4-6-9-17)26-14-12-25(13-15-26)18-10-7-11-19(16-18)29-2/h4-11,16,20H,3,12-15H2,1-2H3,(H2,23,24,27,28)/t20-/m0/s1. The van der Waals surface area contributed by atoms with Crippen LogP contribution in [0.1, 0.15) is 18.5 Å². The molecule has 1 heterocycles. The maximum absolute atomic E-state index is 12.9. The van der Waals surface area contributed by atoms with Crippen LogP contribution in [0.5, 0.6) is 5.75 Å². The lowest BCUT2D eigenvalue weighted by molar-refractivity contribution is -0.125. The maximum Gasteiger partial charge on any atom is 0.321 e. The van der Waals surface area contributed by atoms with Gasteiger partial charge in [-0.1, -0.05) is 36.4 Å². The second kappa shape index (κ2) is 9.93. The lowest BCUT2D eigenvalue weighted by Crippen LogP contribution is -2.52. The fourth-order valence-corrected chi connectivity index (χ4v) is 3.59. The molecule has 7 heteroatoms. The second-order valence-corrected chi connectivity index (χ2v) is 6.89. The number of nitrogens with one attached hydrogen (secondary N) is 2. The quantitative estimate of drug-likeness (QED) is 0.784. The van der Waals surface area contributed by atoms with E-state index in [0.717, 1.165) is 30.1 Å². The molecule has 1 aliphatic rings. The number of amides is 3. The minimum Gasteiger partial charge on any atom is -0.497 e. The van der Waals surface area contributed by atoms with Crippen molar-refractivity contribution in [1.29, 1.82) is 0 Å². The van der Waals surface area contributed by atoms with Crippen LogP contribution in [0.3, 0.4) is 0 Å². The van der Waals surface area contributed by atoms with Crippen molar-refractivity contribution in [1.82, 2.24) is 15.5 Å². The normalized spacial score (nSPS) is 15.4. The van der Waals surface area contributed by atoms with Gasteiger partial charge in [-0.25, -0.2) is 4.79 Å². The van der Waals surface area contributed by atoms with Crippen molar-refractivity contribution in [2.75, 3.05) is 44.7 Å². The molecule has 7 nitrogen and oxygen atoms in total. The Labute approximate surface area is 171 Å². The van der Waals surface area contributed by atoms with Gasteiger partial charge >= 0.3 is 6.03 Å². The summed E-state index contributed by atoms with van der Waals surface area (Å²) in [5, 5.41) is 5.09. The van der Waals surface area contributed by atoms with Crippen LogP contribution in [-0.4, -0.2) is 56.7 Å². The van der Waals surface area contributed by atoms with Crippen molar-refractivity contribution in [3.8, 4) is 5.75 Å². The zero-order valence-corrected chi connectivity index (χ0v) is 16.9. The molecular weight excluding hydrogens is 368 g/mol. The summed E-state index contributed by atoms with van der Waals surface area (Å²) in [6.45, 7) is 5.26. The third kappa shape index (κ3) is 5.26. The number of benzene rings is 2. The Morgan fingerprint density at radius 2 is 1.76 bits per heavy atom. The van der Waals surface area contributed by atoms with Crippen LogP contribution in [0.2, 0.25) is 0 Å². The highest BCUT2D eigenvalue weighted by molar-refractivity contribution is 5.97. The molecule has 3 rings (SSSR count). The molecule has 2 aromatic carbocycles. The predicted molar refractivity (Wildman–Crippen MR) is 113 cm³/mol. The molecule has 0 spiro atoms. The summed E-state index contributed by atoms with van der Waals surface area (Å²) < 4.78 is 5.32. The molecule has 0 radical (unpaired) electrons. The van der Waals surface area contributed by atoms with E-state index in [9.17, 15) is 9.59 Å². The number of imide groups is 1. The lowest BCUT2D eigenvalue weighted by Gasteiger charge is -2.39. The Morgan fingerprint density at radius 1 is 1.03 bits per heavy atom. The monoisotopic (exact) mass is 396 g/mol. The summed E-state index contributed by atoms with van der Waals surface area (Å²) in [5.41, 5.74) is 1.98. The molecule has 1 fully saturated rings. The maximum atomic E-state index is 12.9. The molecule has 29 heavy (non-hydrogen) atoms. The Bertz CT molecular complexity index is 820. The van der Waals surface area contributed by atoms with Gasteiger partial charge in [0.05, 0.1) is 7.11 Å².